The molecule has 6 nitrogen and oxygen atoms in total. The molecule has 1 atom stereocenters. The van der Waals surface area contributed by atoms with Gasteiger partial charge in [-0.05, 0) is 55.8 Å². The van der Waals surface area contributed by atoms with Crippen LogP contribution in [0, 0.1) is 5.82 Å². The summed E-state index contributed by atoms with van der Waals surface area (Å²) in [7, 11) is 0. The van der Waals surface area contributed by atoms with Crippen molar-refractivity contribution in [3.63, 3.8) is 0 Å². The van der Waals surface area contributed by atoms with Crippen LogP contribution >= 0.6 is 12.4 Å². The van der Waals surface area contributed by atoms with Crippen molar-refractivity contribution in [1.82, 2.24) is 20.8 Å². The normalized spacial score (nSPS) is 16.2. The molecule has 146 valence electrons. The van der Waals surface area contributed by atoms with Gasteiger partial charge in [0.25, 0.3) is 11.8 Å². The molecule has 28 heavy (non-hydrogen) atoms. The Labute approximate surface area is 167 Å². The number of benzene rings is 2. The Hall–Kier alpha value is -2.77. The Balaban J connectivity index is 0.00000225. The first-order chi connectivity index (χ1) is 13.2. The molecule has 0 radical (unpaired) electrons. The van der Waals surface area contributed by atoms with Crippen molar-refractivity contribution in [2.45, 2.75) is 18.9 Å². The molecule has 8 heteroatoms. The second-order valence-corrected chi connectivity index (χ2v) is 6.52. The Morgan fingerprint density at radius 2 is 1.82 bits per heavy atom. The van der Waals surface area contributed by atoms with E-state index in [1.54, 1.807) is 36.4 Å². The van der Waals surface area contributed by atoms with Crippen LogP contribution in [0.5, 0.6) is 0 Å². The van der Waals surface area contributed by atoms with E-state index in [4.69, 9.17) is 4.52 Å². The van der Waals surface area contributed by atoms with Gasteiger partial charge in [0.1, 0.15) is 5.82 Å². The molecule has 0 saturated carbocycles. The first-order valence-corrected chi connectivity index (χ1v) is 8.91. The molecular weight excluding hydrogens is 383 g/mol. The Kier molecular flexibility index (Phi) is 6.38. The summed E-state index contributed by atoms with van der Waals surface area (Å²) in [6.07, 6.45) is 2.06. The number of hydrogen-bond acceptors (Lipinski definition) is 5. The monoisotopic (exact) mass is 402 g/mol. The molecule has 1 aromatic heterocycles. The molecule has 4 rings (SSSR count). The van der Waals surface area contributed by atoms with Crippen LogP contribution in [0.1, 0.15) is 23.2 Å². The lowest BCUT2D eigenvalue weighted by Gasteiger charge is -2.23. The number of carbonyl (C=O) groups is 1. The van der Waals surface area contributed by atoms with Crippen molar-refractivity contribution in [1.29, 1.82) is 0 Å². The molecule has 1 aliphatic rings. The Morgan fingerprint density at radius 3 is 2.50 bits per heavy atom. The molecule has 1 saturated heterocycles. The maximum absolute atomic E-state index is 13.0. The fourth-order valence-electron chi connectivity index (χ4n) is 3.06. The first-order valence-electron chi connectivity index (χ1n) is 8.91. The van der Waals surface area contributed by atoms with E-state index in [0.29, 0.717) is 22.8 Å². The van der Waals surface area contributed by atoms with E-state index in [0.717, 1.165) is 31.5 Å². The molecule has 1 aliphatic heterocycles. The summed E-state index contributed by atoms with van der Waals surface area (Å²) in [5.74, 6) is 0.320. The number of hydrogen-bond donors (Lipinski definition) is 2. The van der Waals surface area contributed by atoms with Gasteiger partial charge < -0.3 is 15.2 Å². The van der Waals surface area contributed by atoms with Crippen LogP contribution in [0.25, 0.3) is 22.8 Å². The van der Waals surface area contributed by atoms with Gasteiger partial charge in [0.15, 0.2) is 0 Å². The molecular formula is C20H20ClFN4O2. The minimum atomic E-state index is -0.323. The number of piperidine rings is 1. The van der Waals surface area contributed by atoms with Crippen molar-refractivity contribution in [2.24, 2.45) is 0 Å². The molecule has 1 amide bonds. The number of halogens is 2. The number of carbonyl (C=O) groups excluding carboxylic acids is 1. The average Bonchev–Trinajstić information content (AvgIpc) is 3.20. The van der Waals surface area contributed by atoms with Crippen molar-refractivity contribution in [2.75, 3.05) is 13.1 Å². The van der Waals surface area contributed by atoms with E-state index >= 15 is 0 Å². The molecule has 0 unspecified atom stereocenters. The highest BCUT2D eigenvalue weighted by Crippen LogP contribution is 2.22. The van der Waals surface area contributed by atoms with Gasteiger partial charge in [0, 0.05) is 29.3 Å². The third-order valence-corrected chi connectivity index (χ3v) is 4.55. The quantitative estimate of drug-likeness (QED) is 0.698. The summed E-state index contributed by atoms with van der Waals surface area (Å²) in [4.78, 5) is 16.7. The number of nitrogens with one attached hydrogen (secondary N) is 2. The maximum atomic E-state index is 13.0. The van der Waals surface area contributed by atoms with Crippen molar-refractivity contribution < 1.29 is 13.7 Å². The summed E-state index contributed by atoms with van der Waals surface area (Å²) < 4.78 is 18.3. The Morgan fingerprint density at radius 1 is 1.11 bits per heavy atom. The highest BCUT2D eigenvalue weighted by molar-refractivity contribution is 5.94. The number of nitrogens with zero attached hydrogens (tertiary/aromatic N) is 2. The van der Waals surface area contributed by atoms with Crippen molar-refractivity contribution >= 4 is 18.3 Å². The minimum absolute atomic E-state index is 0. The lowest BCUT2D eigenvalue weighted by atomic mass is 10.1. The fourth-order valence-corrected chi connectivity index (χ4v) is 3.06. The summed E-state index contributed by atoms with van der Waals surface area (Å²) in [6.45, 7) is 1.81. The molecule has 1 fully saturated rings. The predicted octanol–water partition coefficient (Wildman–Crippen LogP) is 3.45. The summed E-state index contributed by atoms with van der Waals surface area (Å²) in [5, 5.41) is 10.3. The number of amides is 1. The van der Waals surface area contributed by atoms with Gasteiger partial charge in [0.05, 0.1) is 0 Å². The van der Waals surface area contributed by atoms with E-state index in [1.165, 1.54) is 12.1 Å². The Bertz CT molecular complexity index is 922. The molecule has 0 bridgehead atoms. The van der Waals surface area contributed by atoms with Gasteiger partial charge in [-0.3, -0.25) is 4.79 Å². The number of rotatable bonds is 4. The van der Waals surface area contributed by atoms with Crippen LogP contribution < -0.4 is 10.6 Å². The molecule has 2 heterocycles. The molecule has 2 N–H and O–H groups in total. The third-order valence-electron chi connectivity index (χ3n) is 4.55. The summed E-state index contributed by atoms with van der Waals surface area (Å²) in [6, 6.07) is 13.1. The second kappa shape index (κ2) is 8.95. The minimum Gasteiger partial charge on any atom is -0.348 e. The van der Waals surface area contributed by atoms with E-state index in [-0.39, 0.29) is 30.2 Å². The zero-order valence-corrected chi connectivity index (χ0v) is 15.8. The van der Waals surface area contributed by atoms with Crippen LogP contribution in [0.15, 0.2) is 53.1 Å². The molecule has 2 aromatic carbocycles. The smallest absolute Gasteiger partial charge is 0.258 e. The second-order valence-electron chi connectivity index (χ2n) is 6.52. The average molecular weight is 403 g/mol. The largest absolute Gasteiger partial charge is 0.348 e. The predicted molar refractivity (Wildman–Crippen MR) is 106 cm³/mol. The SMILES string of the molecule is Cl.O=C(N[C@H]1CCCNC1)c1ccc(-c2noc(-c3ccc(F)cc3)n2)cc1. The van der Waals surface area contributed by atoms with Crippen LogP contribution in [-0.4, -0.2) is 35.2 Å². The highest BCUT2D eigenvalue weighted by atomic mass is 35.5. The standard InChI is InChI=1S/C20H19FN4O2.ClH/c21-16-9-7-15(8-10-16)20-24-18(25-27-20)13-3-5-14(6-4-13)19(26)23-17-2-1-11-22-12-17;/h3-10,17,22H,1-2,11-12H2,(H,23,26);1H/t17-;/m0./s1. The number of aromatic nitrogens is 2. The lowest BCUT2D eigenvalue weighted by molar-refractivity contribution is 0.0930. The van der Waals surface area contributed by atoms with Crippen LogP contribution in [0.3, 0.4) is 0 Å². The summed E-state index contributed by atoms with van der Waals surface area (Å²) in [5.41, 5.74) is 1.97. The van der Waals surface area contributed by atoms with Gasteiger partial charge in [-0.25, -0.2) is 4.39 Å². The van der Waals surface area contributed by atoms with Gasteiger partial charge in [0.2, 0.25) is 5.82 Å². The highest BCUT2D eigenvalue weighted by Gasteiger charge is 2.17. The van der Waals surface area contributed by atoms with Gasteiger partial charge in [-0.15, -0.1) is 12.4 Å². The van der Waals surface area contributed by atoms with E-state index in [2.05, 4.69) is 20.8 Å². The van der Waals surface area contributed by atoms with Gasteiger partial charge in [-0.2, -0.15) is 4.98 Å². The summed E-state index contributed by atoms with van der Waals surface area (Å²) >= 11 is 0. The lowest BCUT2D eigenvalue weighted by Crippen LogP contribution is -2.45. The zero-order chi connectivity index (χ0) is 18.6. The van der Waals surface area contributed by atoms with Crippen molar-refractivity contribution in [3.8, 4) is 22.8 Å². The van der Waals surface area contributed by atoms with Gasteiger partial charge in [-0.1, -0.05) is 17.3 Å². The molecule has 3 aromatic rings. The first kappa shape index (κ1) is 20.0. The van der Waals surface area contributed by atoms with Crippen molar-refractivity contribution in [3.05, 3.63) is 59.9 Å². The van der Waals surface area contributed by atoms with Crippen LogP contribution in [-0.2, 0) is 0 Å². The topological polar surface area (TPSA) is 80.0 Å². The van der Waals surface area contributed by atoms with Gasteiger partial charge >= 0.3 is 0 Å². The van der Waals surface area contributed by atoms with Crippen LogP contribution in [0.4, 0.5) is 4.39 Å². The maximum Gasteiger partial charge on any atom is 0.258 e. The fraction of sp³-hybridized carbons (Fsp3) is 0.250. The zero-order valence-electron chi connectivity index (χ0n) is 15.0. The molecule has 0 spiro atoms. The van der Waals surface area contributed by atoms with Crippen LogP contribution in [0.2, 0.25) is 0 Å². The molecule has 0 aliphatic carbocycles. The van der Waals surface area contributed by atoms with E-state index < -0.39 is 0 Å². The van der Waals surface area contributed by atoms with E-state index in [9.17, 15) is 9.18 Å². The third kappa shape index (κ3) is 4.55. The van der Waals surface area contributed by atoms with E-state index in [1.807, 2.05) is 0 Å².